The lowest BCUT2D eigenvalue weighted by Crippen LogP contribution is -2.33. The van der Waals surface area contributed by atoms with Gasteiger partial charge in [-0.3, -0.25) is 9.59 Å². The molecule has 6 nitrogen and oxygen atoms in total. The topological polar surface area (TPSA) is 80.4 Å². The van der Waals surface area contributed by atoms with Crippen molar-refractivity contribution in [2.45, 2.75) is 52.1 Å². The van der Waals surface area contributed by atoms with Crippen LogP contribution in [-0.4, -0.2) is 40.4 Å². The van der Waals surface area contributed by atoms with E-state index in [9.17, 15) is 9.59 Å². The first-order valence-corrected chi connectivity index (χ1v) is 9.94. The molecule has 6 heteroatoms. The van der Waals surface area contributed by atoms with Crippen LogP contribution in [0.4, 0.5) is 5.69 Å². The van der Waals surface area contributed by atoms with Gasteiger partial charge in [0.1, 0.15) is 6.54 Å². The molecule has 1 aliphatic carbocycles. The van der Waals surface area contributed by atoms with Crippen LogP contribution in [0, 0.1) is 5.92 Å². The summed E-state index contributed by atoms with van der Waals surface area (Å²) in [6, 6.07) is 7.94. The van der Waals surface area contributed by atoms with Crippen molar-refractivity contribution in [3.8, 4) is 0 Å². The standard InChI is InChI=1S/C21H30N4O2/c1-3-24(4-2)21(27)14-25-11-10-16-12-17(8-9-19(16)25)23-20(26)13-15-6-5-7-18(15)22/h8-12,15,18H,3-7,13-14,22H2,1-2H3,(H,23,26)/t15-,18+/m0/s1. The maximum Gasteiger partial charge on any atom is 0.242 e. The second-order valence-corrected chi connectivity index (χ2v) is 7.39. The van der Waals surface area contributed by atoms with E-state index >= 15 is 0 Å². The molecule has 0 bridgehead atoms. The molecule has 1 saturated carbocycles. The summed E-state index contributed by atoms with van der Waals surface area (Å²) in [6.45, 7) is 5.74. The number of nitrogens with one attached hydrogen (secondary N) is 1. The molecule has 0 saturated heterocycles. The van der Waals surface area contributed by atoms with Crippen LogP contribution < -0.4 is 11.1 Å². The second kappa shape index (κ2) is 8.57. The Morgan fingerprint density at radius 1 is 1.22 bits per heavy atom. The maximum absolute atomic E-state index is 12.4. The fourth-order valence-electron chi connectivity index (χ4n) is 4.01. The number of hydrogen-bond donors (Lipinski definition) is 2. The highest BCUT2D eigenvalue weighted by Gasteiger charge is 2.26. The van der Waals surface area contributed by atoms with Crippen molar-refractivity contribution < 1.29 is 9.59 Å². The summed E-state index contributed by atoms with van der Waals surface area (Å²) < 4.78 is 1.96. The predicted octanol–water partition coefficient (Wildman–Crippen LogP) is 2.97. The van der Waals surface area contributed by atoms with Crippen molar-refractivity contribution in [3.05, 3.63) is 30.5 Å². The molecule has 1 aliphatic rings. The van der Waals surface area contributed by atoms with E-state index < -0.39 is 0 Å². The Hall–Kier alpha value is -2.34. The first-order valence-electron chi connectivity index (χ1n) is 9.94. The largest absolute Gasteiger partial charge is 0.342 e. The first kappa shape index (κ1) is 19.4. The summed E-state index contributed by atoms with van der Waals surface area (Å²) in [4.78, 5) is 26.5. The summed E-state index contributed by atoms with van der Waals surface area (Å²) in [6.07, 6.45) is 5.58. The average Bonchev–Trinajstić information content (AvgIpc) is 3.22. The average molecular weight is 370 g/mol. The molecule has 2 atom stereocenters. The maximum atomic E-state index is 12.4. The molecular formula is C21H30N4O2. The molecular weight excluding hydrogens is 340 g/mol. The zero-order chi connectivity index (χ0) is 19.4. The zero-order valence-corrected chi connectivity index (χ0v) is 16.3. The van der Waals surface area contributed by atoms with Gasteiger partial charge in [-0.05, 0) is 56.9 Å². The molecule has 0 unspecified atom stereocenters. The van der Waals surface area contributed by atoms with Gasteiger partial charge in [0.2, 0.25) is 11.8 Å². The van der Waals surface area contributed by atoms with Crippen molar-refractivity contribution in [2.24, 2.45) is 11.7 Å². The van der Waals surface area contributed by atoms with E-state index in [0.29, 0.717) is 18.9 Å². The van der Waals surface area contributed by atoms with Gasteiger partial charge in [-0.2, -0.15) is 0 Å². The van der Waals surface area contributed by atoms with Crippen LogP contribution in [0.15, 0.2) is 30.5 Å². The number of amides is 2. The van der Waals surface area contributed by atoms with E-state index in [1.54, 1.807) is 0 Å². The Balaban J connectivity index is 1.66. The number of anilines is 1. The highest BCUT2D eigenvalue weighted by molar-refractivity contribution is 5.94. The fourth-order valence-corrected chi connectivity index (χ4v) is 4.01. The normalized spacial score (nSPS) is 19.4. The number of rotatable bonds is 7. The number of fused-ring (bicyclic) bond motifs is 1. The van der Waals surface area contributed by atoms with Crippen LogP contribution in [-0.2, 0) is 16.1 Å². The molecule has 146 valence electrons. The van der Waals surface area contributed by atoms with Gasteiger partial charge >= 0.3 is 0 Å². The quantitative estimate of drug-likeness (QED) is 0.786. The monoisotopic (exact) mass is 370 g/mol. The van der Waals surface area contributed by atoms with Crippen LogP contribution in [0.3, 0.4) is 0 Å². The summed E-state index contributed by atoms with van der Waals surface area (Å²) in [5.41, 5.74) is 7.84. The van der Waals surface area contributed by atoms with Crippen molar-refractivity contribution in [3.63, 3.8) is 0 Å². The van der Waals surface area contributed by atoms with Crippen molar-refractivity contribution in [2.75, 3.05) is 18.4 Å². The number of nitrogens with two attached hydrogens (primary N) is 1. The van der Waals surface area contributed by atoms with Crippen LogP contribution in [0.2, 0.25) is 0 Å². The molecule has 1 aromatic carbocycles. The Morgan fingerprint density at radius 3 is 2.67 bits per heavy atom. The summed E-state index contributed by atoms with van der Waals surface area (Å²) >= 11 is 0. The van der Waals surface area contributed by atoms with Crippen molar-refractivity contribution >= 4 is 28.4 Å². The van der Waals surface area contributed by atoms with Crippen LogP contribution in [0.1, 0.15) is 39.5 Å². The third kappa shape index (κ3) is 4.50. The Labute approximate surface area is 160 Å². The number of carbonyl (C=O) groups excluding carboxylic acids is 2. The smallest absolute Gasteiger partial charge is 0.242 e. The lowest BCUT2D eigenvalue weighted by Gasteiger charge is -2.19. The molecule has 0 aliphatic heterocycles. The number of nitrogens with zero attached hydrogens (tertiary/aromatic N) is 2. The van der Waals surface area contributed by atoms with Gasteiger partial charge in [-0.1, -0.05) is 6.42 Å². The molecule has 27 heavy (non-hydrogen) atoms. The third-order valence-corrected chi connectivity index (χ3v) is 5.64. The van der Waals surface area contributed by atoms with Gasteiger partial charge in [0.15, 0.2) is 0 Å². The highest BCUT2D eigenvalue weighted by atomic mass is 16.2. The summed E-state index contributed by atoms with van der Waals surface area (Å²) in [5.74, 6) is 0.427. The first-order chi connectivity index (χ1) is 13.0. The van der Waals surface area contributed by atoms with E-state index in [0.717, 1.165) is 48.9 Å². The van der Waals surface area contributed by atoms with Gasteiger partial charge in [0.25, 0.3) is 0 Å². The van der Waals surface area contributed by atoms with E-state index in [2.05, 4.69) is 5.32 Å². The molecule has 0 spiro atoms. The Kier molecular flexibility index (Phi) is 6.16. The second-order valence-electron chi connectivity index (χ2n) is 7.39. The highest BCUT2D eigenvalue weighted by Crippen LogP contribution is 2.27. The fraction of sp³-hybridized carbons (Fsp3) is 0.524. The zero-order valence-electron chi connectivity index (χ0n) is 16.3. The Bertz CT molecular complexity index is 810. The Morgan fingerprint density at radius 2 is 2.00 bits per heavy atom. The van der Waals surface area contributed by atoms with Gasteiger partial charge in [-0.15, -0.1) is 0 Å². The minimum absolute atomic E-state index is 0.0212. The van der Waals surface area contributed by atoms with E-state index in [1.165, 1.54) is 0 Å². The number of carbonyl (C=O) groups is 2. The lowest BCUT2D eigenvalue weighted by atomic mass is 10.00. The predicted molar refractivity (Wildman–Crippen MR) is 108 cm³/mol. The van der Waals surface area contributed by atoms with Gasteiger partial charge in [-0.25, -0.2) is 0 Å². The number of aromatic nitrogens is 1. The van der Waals surface area contributed by atoms with E-state index in [-0.39, 0.29) is 17.9 Å². The van der Waals surface area contributed by atoms with Gasteiger partial charge in [0.05, 0.1) is 0 Å². The van der Waals surface area contributed by atoms with E-state index in [4.69, 9.17) is 5.73 Å². The molecule has 3 N–H and O–H groups in total. The summed E-state index contributed by atoms with van der Waals surface area (Å²) in [5, 5.41) is 4.00. The molecule has 1 aromatic heterocycles. The summed E-state index contributed by atoms with van der Waals surface area (Å²) in [7, 11) is 0. The van der Waals surface area contributed by atoms with Gasteiger partial charge in [0, 0.05) is 48.3 Å². The van der Waals surface area contributed by atoms with Crippen LogP contribution >= 0.6 is 0 Å². The van der Waals surface area contributed by atoms with Crippen LogP contribution in [0.5, 0.6) is 0 Å². The van der Waals surface area contributed by atoms with Crippen molar-refractivity contribution in [1.82, 2.24) is 9.47 Å². The molecule has 2 aromatic rings. The lowest BCUT2D eigenvalue weighted by molar-refractivity contribution is -0.131. The molecule has 3 rings (SSSR count). The van der Waals surface area contributed by atoms with Gasteiger partial charge < -0.3 is 20.5 Å². The molecule has 1 fully saturated rings. The number of benzene rings is 1. The molecule has 1 heterocycles. The van der Waals surface area contributed by atoms with E-state index in [1.807, 2.05) is 53.8 Å². The van der Waals surface area contributed by atoms with Crippen molar-refractivity contribution in [1.29, 1.82) is 0 Å². The van der Waals surface area contributed by atoms with Crippen LogP contribution in [0.25, 0.3) is 10.9 Å². The SMILES string of the molecule is CCN(CC)C(=O)Cn1ccc2cc(NC(=O)C[C@@H]3CCC[C@H]3N)ccc21. The number of likely N-dealkylation sites (N-methyl/N-ethyl adjacent to an activating group) is 1. The minimum atomic E-state index is 0.0212. The number of hydrogen-bond acceptors (Lipinski definition) is 3. The molecule has 2 amide bonds. The third-order valence-electron chi connectivity index (χ3n) is 5.64. The minimum Gasteiger partial charge on any atom is -0.342 e. The molecule has 0 radical (unpaired) electrons.